The molecule has 4 aromatic rings. The number of aliphatic hydroxyl groups excluding tert-OH is 1. The predicted octanol–water partition coefficient (Wildman–Crippen LogP) is 5.72. The van der Waals surface area contributed by atoms with Crippen molar-refractivity contribution in [1.29, 1.82) is 0 Å². The van der Waals surface area contributed by atoms with E-state index < -0.39 is 87.4 Å². The number of benzene rings is 3. The molecule has 2 fully saturated rings. The fourth-order valence-corrected chi connectivity index (χ4v) is 9.96. The number of aliphatic hydroxyl groups is 1. The molecule has 76 heavy (non-hydrogen) atoms. The summed E-state index contributed by atoms with van der Waals surface area (Å²) in [7, 11) is 0. The second-order valence-corrected chi connectivity index (χ2v) is 21.7. The number of aromatic nitrogens is 1. The average Bonchev–Trinajstić information content (AvgIpc) is 3.82. The molecule has 2 heterocycles. The Balaban J connectivity index is 0.896. The first-order valence-electron chi connectivity index (χ1n) is 24.8. The smallest absolute Gasteiger partial charge is 0.277 e. The van der Waals surface area contributed by atoms with E-state index in [1.54, 1.807) is 44.5 Å². The summed E-state index contributed by atoms with van der Waals surface area (Å²) in [6.45, 7) is 9.46. The highest BCUT2D eigenvalue weighted by atomic mass is 127. The highest BCUT2D eigenvalue weighted by Gasteiger charge is 2.60. The van der Waals surface area contributed by atoms with Crippen LogP contribution in [-0.2, 0) is 38.2 Å². The van der Waals surface area contributed by atoms with Crippen LogP contribution in [0.25, 0.3) is 10.4 Å². The maximum absolute atomic E-state index is 14.9. The van der Waals surface area contributed by atoms with Crippen LogP contribution in [0.2, 0.25) is 0 Å². The summed E-state index contributed by atoms with van der Waals surface area (Å²) in [4.78, 5) is 79.8. The number of likely N-dealkylation sites (tertiary alicyclic amines) is 1. The molecule has 1 saturated heterocycles. The number of ether oxygens (including phenoxy) is 3. The normalized spacial score (nSPS) is 17.7. The summed E-state index contributed by atoms with van der Waals surface area (Å²) in [5, 5.41) is 22.2. The molecule has 1 aliphatic heterocycles. The zero-order valence-electron chi connectivity index (χ0n) is 42.7. The Morgan fingerprint density at radius 1 is 0.908 bits per heavy atom. The summed E-state index contributed by atoms with van der Waals surface area (Å²) in [6.07, 6.45) is -1.29. The molecule has 0 spiro atoms. The first-order chi connectivity index (χ1) is 36.2. The van der Waals surface area contributed by atoms with Crippen molar-refractivity contribution in [1.82, 2.24) is 31.3 Å². The molecule has 18 nitrogen and oxygen atoms in total. The number of alkyl halides is 1. The zero-order valence-corrected chi connectivity index (χ0v) is 45.7. The molecular formula is C52H65F4IN8O10S. The number of hydrogen-bond acceptors (Lipinski definition) is 14. The lowest BCUT2D eigenvalue weighted by molar-refractivity contribution is -0.151. The number of thiazole rings is 1. The van der Waals surface area contributed by atoms with Gasteiger partial charge in [-0.2, -0.15) is 0 Å². The molecule has 0 bridgehead atoms. The van der Waals surface area contributed by atoms with Crippen LogP contribution in [0, 0.1) is 33.4 Å². The lowest BCUT2D eigenvalue weighted by Gasteiger charge is -2.44. The number of hydrogen-bond donors (Lipinski definition) is 7. The minimum atomic E-state index is -2.09. The van der Waals surface area contributed by atoms with Gasteiger partial charge in [0.2, 0.25) is 17.7 Å². The number of β-amino-alcohol motifs (C(OH)–C–C–N with tert-alkyl or cyclic N) is 1. The first kappa shape index (κ1) is 59.9. The van der Waals surface area contributed by atoms with E-state index in [2.05, 4.69) is 31.7 Å². The molecule has 24 heteroatoms. The van der Waals surface area contributed by atoms with Gasteiger partial charge in [0.05, 0.1) is 85.4 Å². The second kappa shape index (κ2) is 27.3. The topological polar surface area (TPSA) is 245 Å². The van der Waals surface area contributed by atoms with Crippen LogP contribution in [0.15, 0.2) is 60.1 Å². The molecule has 414 valence electrons. The number of nitrogens with zero attached hydrogens (tertiary/aromatic N) is 2. The van der Waals surface area contributed by atoms with Gasteiger partial charge < -0.3 is 51.2 Å². The molecular weight excluding hydrogens is 1130 g/mol. The number of nitrogens with two attached hydrogens (primary N) is 1. The minimum absolute atomic E-state index is 0.0237. The maximum Gasteiger partial charge on any atom is 0.277 e. The van der Waals surface area contributed by atoms with Gasteiger partial charge >= 0.3 is 0 Å². The summed E-state index contributed by atoms with van der Waals surface area (Å²) >= 11 is 3.36. The Morgan fingerprint density at radius 2 is 1.58 bits per heavy atom. The molecule has 6 rings (SSSR count). The number of carbonyl (C=O) groups excluding carboxylic acids is 5. The van der Waals surface area contributed by atoms with Crippen LogP contribution in [0.4, 0.5) is 28.9 Å². The van der Waals surface area contributed by atoms with E-state index in [-0.39, 0.29) is 76.5 Å². The van der Waals surface area contributed by atoms with Crippen LogP contribution >= 0.6 is 33.9 Å². The molecule has 0 radical (unpaired) electrons. The number of nitrogens with one attached hydrogen (secondary N) is 5. The third-order valence-electron chi connectivity index (χ3n) is 12.9. The Morgan fingerprint density at radius 3 is 2.20 bits per heavy atom. The number of hydroxylamine groups is 1. The third kappa shape index (κ3) is 15.7. The first-order valence-corrected chi connectivity index (χ1v) is 26.7. The largest absolute Gasteiger partial charge is 0.391 e. The summed E-state index contributed by atoms with van der Waals surface area (Å²) < 4.78 is 75.4. The van der Waals surface area contributed by atoms with E-state index >= 15 is 0 Å². The van der Waals surface area contributed by atoms with E-state index in [4.69, 9.17) is 24.8 Å². The number of amides is 5. The summed E-state index contributed by atoms with van der Waals surface area (Å²) in [5.74, 6) is -8.29. The molecule has 2 aliphatic rings. The summed E-state index contributed by atoms with van der Waals surface area (Å²) in [6, 6.07) is 11.8. The Hall–Kier alpha value is -5.35. The fourth-order valence-electron chi connectivity index (χ4n) is 8.70. The van der Waals surface area contributed by atoms with Crippen molar-refractivity contribution in [3.8, 4) is 10.4 Å². The van der Waals surface area contributed by atoms with Gasteiger partial charge in [-0.3, -0.25) is 28.8 Å². The highest BCUT2D eigenvalue weighted by molar-refractivity contribution is 14.1. The Labute approximate surface area is 456 Å². The number of carbonyl (C=O) groups is 5. The SMILES string of the molecule is Cc1ncsc1-c1ccc([C@H](CC(=O)NCCOCCOCCOCCNCCCONC(=O)c2ccc(F)c(F)c2Nc2ccc(I)cc2F)C2(C(N)=O)CC(O)CN2C(=O)C(NC(=O)C2(F)CC2)C(C)(C)C)cc1. The lowest BCUT2D eigenvalue weighted by Crippen LogP contribution is -2.65. The van der Waals surface area contributed by atoms with E-state index in [9.17, 15) is 46.6 Å². The van der Waals surface area contributed by atoms with Crippen molar-refractivity contribution < 1.29 is 65.7 Å². The van der Waals surface area contributed by atoms with Crippen molar-refractivity contribution in [2.24, 2.45) is 11.1 Å². The predicted molar refractivity (Wildman–Crippen MR) is 283 cm³/mol. The highest BCUT2D eigenvalue weighted by Crippen LogP contribution is 2.46. The Kier molecular flexibility index (Phi) is 21.5. The number of primary amides is 1. The second-order valence-electron chi connectivity index (χ2n) is 19.6. The van der Waals surface area contributed by atoms with Gasteiger partial charge in [0.1, 0.15) is 17.4 Å². The van der Waals surface area contributed by atoms with Crippen LogP contribution in [-0.4, -0.2) is 140 Å². The lowest BCUT2D eigenvalue weighted by atomic mass is 9.73. The molecule has 4 atom stereocenters. The van der Waals surface area contributed by atoms with Gasteiger partial charge in [-0.05, 0) is 102 Å². The van der Waals surface area contributed by atoms with Crippen LogP contribution in [0.3, 0.4) is 0 Å². The number of rotatable bonds is 29. The van der Waals surface area contributed by atoms with Crippen molar-refractivity contribution in [3.63, 3.8) is 0 Å². The molecule has 1 aromatic heterocycles. The third-order valence-corrected chi connectivity index (χ3v) is 14.6. The quantitative estimate of drug-likeness (QED) is 0.0149. The minimum Gasteiger partial charge on any atom is -0.391 e. The van der Waals surface area contributed by atoms with Crippen LogP contribution < -0.4 is 32.5 Å². The van der Waals surface area contributed by atoms with Crippen LogP contribution in [0.1, 0.15) is 80.4 Å². The van der Waals surface area contributed by atoms with E-state index in [1.807, 2.05) is 41.6 Å². The maximum atomic E-state index is 14.9. The van der Waals surface area contributed by atoms with Gasteiger partial charge in [-0.25, -0.2) is 28.0 Å². The molecule has 5 amide bonds. The van der Waals surface area contributed by atoms with Crippen molar-refractivity contribution >= 4 is 74.8 Å². The van der Waals surface area contributed by atoms with Crippen LogP contribution in [0.5, 0.6) is 0 Å². The van der Waals surface area contributed by atoms with E-state index in [0.29, 0.717) is 48.5 Å². The van der Waals surface area contributed by atoms with Gasteiger partial charge in [0, 0.05) is 42.0 Å². The van der Waals surface area contributed by atoms with E-state index in [1.165, 1.54) is 28.4 Å². The van der Waals surface area contributed by atoms with E-state index in [0.717, 1.165) is 28.3 Å². The molecule has 3 unspecified atom stereocenters. The van der Waals surface area contributed by atoms with Gasteiger partial charge in [-0.15, -0.1) is 11.3 Å². The van der Waals surface area contributed by atoms with Gasteiger partial charge in [0.15, 0.2) is 17.3 Å². The average molecular weight is 1200 g/mol. The molecule has 1 aliphatic carbocycles. The molecule has 1 saturated carbocycles. The monoisotopic (exact) mass is 1200 g/mol. The molecule has 8 N–H and O–H groups in total. The summed E-state index contributed by atoms with van der Waals surface area (Å²) in [5.41, 5.74) is 6.39. The van der Waals surface area contributed by atoms with Gasteiger partial charge in [-0.1, -0.05) is 45.0 Å². The Bertz CT molecular complexity index is 2660. The number of halogens is 5. The standard InChI is InChI=1S/C52H65F4IN8O10S/c1-31-44(76-30-61-31)33-8-6-32(7-9-33)37(52(48(58)70)28-35(66)29-65(52)47(69)45(50(2,3)4)63-49(71)51(56)14-15-51)27-41(67)60-18-21-73-23-25-74-24-22-72-20-17-59-16-5-19-75-64-46(68)36-11-12-38(53)42(55)43(36)62-40-13-10-34(57)26-39(40)54/h6-13,26,30,35,37,45,59,62,66H,5,14-25,27-29H2,1-4H3,(H2,58,70)(H,60,67)(H,63,71)(H,64,68)/t35?,37-,45?,52?/m0/s1. The zero-order chi connectivity index (χ0) is 55.2. The van der Waals surface area contributed by atoms with Crippen molar-refractivity contribution in [2.45, 2.75) is 89.1 Å². The number of aryl methyl sites for hydroxylation is 1. The fraction of sp³-hybridized carbons (Fsp3) is 0.500. The molecule has 3 aromatic carbocycles. The van der Waals surface area contributed by atoms with Crippen molar-refractivity contribution in [3.05, 3.63) is 98.0 Å². The van der Waals surface area contributed by atoms with Gasteiger partial charge in [0.25, 0.3) is 11.8 Å². The number of anilines is 2. The van der Waals surface area contributed by atoms with Crippen molar-refractivity contribution in [2.75, 3.05) is 77.7 Å².